The molecule has 1 atom stereocenters. The molecule has 5 nitrogen and oxygen atoms in total. The summed E-state index contributed by atoms with van der Waals surface area (Å²) in [4.78, 5) is 4.09. The maximum atomic E-state index is 10.5. The van der Waals surface area contributed by atoms with E-state index >= 15 is 0 Å². The third kappa shape index (κ3) is 2.36. The molecule has 0 amide bonds. The number of fused-ring (bicyclic) bond motifs is 1. The van der Waals surface area contributed by atoms with Gasteiger partial charge in [0.2, 0.25) is 0 Å². The van der Waals surface area contributed by atoms with Crippen molar-refractivity contribution in [2.75, 3.05) is 13.2 Å². The first-order valence-electron chi connectivity index (χ1n) is 6.87. The number of hydrogen-bond donors (Lipinski definition) is 1. The maximum absolute atomic E-state index is 10.5. The van der Waals surface area contributed by atoms with Crippen molar-refractivity contribution >= 4 is 0 Å². The zero-order valence-electron chi connectivity index (χ0n) is 11.5. The Morgan fingerprint density at radius 3 is 2.90 bits per heavy atom. The molecule has 2 heterocycles. The predicted molar refractivity (Wildman–Crippen MR) is 74.0 cm³/mol. The molecule has 0 radical (unpaired) electrons. The lowest BCUT2D eigenvalue weighted by atomic mass is 10.1. The van der Waals surface area contributed by atoms with Crippen molar-refractivity contribution in [1.29, 1.82) is 0 Å². The van der Waals surface area contributed by atoms with Gasteiger partial charge in [-0.2, -0.15) is 0 Å². The van der Waals surface area contributed by atoms with E-state index in [-0.39, 0.29) is 0 Å². The Bertz CT molecular complexity index is 595. The molecule has 1 aliphatic heterocycles. The predicted octanol–water partition coefficient (Wildman–Crippen LogP) is 2.15. The molecule has 0 saturated heterocycles. The normalized spacial score (nSPS) is 15.7. The van der Waals surface area contributed by atoms with E-state index < -0.39 is 6.10 Å². The van der Waals surface area contributed by atoms with Crippen LogP contribution in [0.4, 0.5) is 0 Å². The summed E-state index contributed by atoms with van der Waals surface area (Å²) in [6.07, 6.45) is 3.57. The molecule has 0 fully saturated rings. The van der Waals surface area contributed by atoms with E-state index in [2.05, 4.69) is 4.98 Å². The highest BCUT2D eigenvalue weighted by Crippen LogP contribution is 2.33. The van der Waals surface area contributed by atoms with Gasteiger partial charge in [0.25, 0.3) is 0 Å². The summed E-state index contributed by atoms with van der Waals surface area (Å²) in [5.41, 5.74) is 1.56. The van der Waals surface area contributed by atoms with E-state index in [1.165, 1.54) is 0 Å². The second kappa shape index (κ2) is 5.54. The van der Waals surface area contributed by atoms with E-state index in [4.69, 9.17) is 9.47 Å². The number of benzene rings is 1. The second-order valence-corrected chi connectivity index (χ2v) is 4.76. The van der Waals surface area contributed by atoms with Crippen molar-refractivity contribution < 1.29 is 14.6 Å². The lowest BCUT2D eigenvalue weighted by Crippen LogP contribution is -2.07. The minimum absolute atomic E-state index is 0.638. The van der Waals surface area contributed by atoms with Crippen LogP contribution < -0.4 is 9.47 Å². The van der Waals surface area contributed by atoms with Gasteiger partial charge in [0.05, 0.1) is 31.4 Å². The average molecular weight is 274 g/mol. The van der Waals surface area contributed by atoms with Gasteiger partial charge in [0.15, 0.2) is 11.5 Å². The molecule has 1 unspecified atom stereocenters. The van der Waals surface area contributed by atoms with Gasteiger partial charge in [0.1, 0.15) is 6.10 Å². The Labute approximate surface area is 117 Å². The van der Waals surface area contributed by atoms with Gasteiger partial charge in [-0.3, -0.25) is 0 Å². The molecule has 0 bridgehead atoms. The summed E-state index contributed by atoms with van der Waals surface area (Å²) >= 11 is 0. The van der Waals surface area contributed by atoms with Crippen LogP contribution in [-0.2, 0) is 6.54 Å². The highest BCUT2D eigenvalue weighted by molar-refractivity contribution is 5.45. The fourth-order valence-corrected chi connectivity index (χ4v) is 2.34. The first-order valence-corrected chi connectivity index (χ1v) is 6.87. The molecule has 0 saturated carbocycles. The lowest BCUT2D eigenvalue weighted by molar-refractivity contribution is 0.209. The Balaban J connectivity index is 1.92. The molecule has 2 aromatic rings. The van der Waals surface area contributed by atoms with Crippen LogP contribution in [0.2, 0.25) is 0 Å². The molecule has 0 spiro atoms. The monoisotopic (exact) mass is 274 g/mol. The van der Waals surface area contributed by atoms with Crippen LogP contribution in [0.25, 0.3) is 0 Å². The van der Waals surface area contributed by atoms with Crippen molar-refractivity contribution in [1.82, 2.24) is 9.55 Å². The van der Waals surface area contributed by atoms with Crippen molar-refractivity contribution in [3.8, 4) is 11.5 Å². The molecule has 3 rings (SSSR count). The number of aryl methyl sites for hydroxylation is 1. The average Bonchev–Trinajstić information content (AvgIpc) is 2.83. The van der Waals surface area contributed by atoms with Crippen LogP contribution in [0.15, 0.2) is 30.7 Å². The van der Waals surface area contributed by atoms with Crippen LogP contribution in [0.3, 0.4) is 0 Å². The molecule has 5 heteroatoms. The summed E-state index contributed by atoms with van der Waals surface area (Å²) in [6.45, 7) is 4.10. The molecule has 1 aromatic heterocycles. The summed E-state index contributed by atoms with van der Waals surface area (Å²) in [5.74, 6) is 1.43. The third-order valence-electron chi connectivity index (χ3n) is 3.45. The molecule has 1 aromatic carbocycles. The summed E-state index contributed by atoms with van der Waals surface area (Å²) in [5, 5.41) is 10.5. The first-order chi connectivity index (χ1) is 9.79. The van der Waals surface area contributed by atoms with Gasteiger partial charge in [-0.1, -0.05) is 6.07 Å². The molecule has 20 heavy (non-hydrogen) atoms. The third-order valence-corrected chi connectivity index (χ3v) is 3.45. The number of aliphatic hydroxyl groups is 1. The Hall–Kier alpha value is -2.01. The van der Waals surface area contributed by atoms with E-state index in [1.54, 1.807) is 12.5 Å². The standard InChI is InChI=1S/C15H18N2O3/c1-2-17-10-16-9-12(17)15(18)11-4-5-13-14(8-11)20-7-3-6-19-13/h4-5,8-10,15,18H,2-3,6-7H2,1H3. The summed E-state index contributed by atoms with van der Waals surface area (Å²) in [6, 6.07) is 5.56. The molecular formula is C15H18N2O3. The SMILES string of the molecule is CCn1cncc1C(O)c1ccc2c(c1)OCCCO2. The van der Waals surface area contributed by atoms with E-state index in [9.17, 15) is 5.11 Å². The topological polar surface area (TPSA) is 56.5 Å². The lowest BCUT2D eigenvalue weighted by Gasteiger charge is -2.15. The van der Waals surface area contributed by atoms with Crippen LogP contribution in [0, 0.1) is 0 Å². The molecule has 106 valence electrons. The molecule has 1 aliphatic rings. The zero-order chi connectivity index (χ0) is 13.9. The number of aliphatic hydroxyl groups excluding tert-OH is 1. The molecule has 1 N–H and O–H groups in total. The summed E-state index contributed by atoms with van der Waals surface area (Å²) < 4.78 is 13.2. The highest BCUT2D eigenvalue weighted by atomic mass is 16.5. The van der Waals surface area contributed by atoms with Gasteiger partial charge < -0.3 is 19.1 Å². The largest absolute Gasteiger partial charge is 0.490 e. The number of hydrogen-bond acceptors (Lipinski definition) is 4. The number of nitrogens with zero attached hydrogens (tertiary/aromatic N) is 2. The second-order valence-electron chi connectivity index (χ2n) is 4.76. The first kappa shape index (κ1) is 13.0. The number of aromatic nitrogens is 2. The number of ether oxygens (including phenoxy) is 2. The number of imidazole rings is 1. The molecule has 0 aliphatic carbocycles. The van der Waals surface area contributed by atoms with E-state index in [0.29, 0.717) is 19.0 Å². The van der Waals surface area contributed by atoms with Crippen molar-refractivity contribution in [3.63, 3.8) is 0 Å². The smallest absolute Gasteiger partial charge is 0.161 e. The van der Waals surface area contributed by atoms with E-state index in [1.807, 2.05) is 29.7 Å². The van der Waals surface area contributed by atoms with Gasteiger partial charge >= 0.3 is 0 Å². The van der Waals surface area contributed by atoms with Crippen LogP contribution in [0.5, 0.6) is 11.5 Å². The van der Waals surface area contributed by atoms with Gasteiger partial charge in [0, 0.05) is 13.0 Å². The fourth-order valence-electron chi connectivity index (χ4n) is 2.34. The van der Waals surface area contributed by atoms with Gasteiger partial charge in [-0.25, -0.2) is 4.98 Å². The molecular weight excluding hydrogens is 256 g/mol. The minimum atomic E-state index is -0.713. The number of rotatable bonds is 3. The Kier molecular flexibility index (Phi) is 3.60. The highest BCUT2D eigenvalue weighted by Gasteiger charge is 2.18. The fraction of sp³-hybridized carbons (Fsp3) is 0.400. The minimum Gasteiger partial charge on any atom is -0.490 e. The van der Waals surface area contributed by atoms with Gasteiger partial charge in [-0.15, -0.1) is 0 Å². The van der Waals surface area contributed by atoms with Crippen LogP contribution in [0.1, 0.15) is 30.7 Å². The quantitative estimate of drug-likeness (QED) is 0.931. The Morgan fingerprint density at radius 1 is 1.30 bits per heavy atom. The summed E-state index contributed by atoms with van der Waals surface area (Å²) in [7, 11) is 0. The van der Waals surface area contributed by atoms with Crippen molar-refractivity contribution in [2.45, 2.75) is 26.0 Å². The van der Waals surface area contributed by atoms with E-state index in [0.717, 1.165) is 30.0 Å². The van der Waals surface area contributed by atoms with Crippen LogP contribution >= 0.6 is 0 Å². The van der Waals surface area contributed by atoms with Crippen molar-refractivity contribution in [3.05, 3.63) is 42.0 Å². The zero-order valence-corrected chi connectivity index (χ0v) is 11.5. The maximum Gasteiger partial charge on any atom is 0.161 e. The van der Waals surface area contributed by atoms with Crippen LogP contribution in [-0.4, -0.2) is 27.9 Å². The Morgan fingerprint density at radius 2 is 2.10 bits per heavy atom. The van der Waals surface area contributed by atoms with Gasteiger partial charge in [-0.05, 0) is 24.6 Å². The van der Waals surface area contributed by atoms with Crippen molar-refractivity contribution in [2.24, 2.45) is 0 Å².